The fourth-order valence-corrected chi connectivity index (χ4v) is 0.771. The molecule has 0 saturated carbocycles. The van der Waals surface area contributed by atoms with E-state index in [4.69, 9.17) is 0 Å². The Kier molecular flexibility index (Phi) is 4.97. The Hall–Kier alpha value is -1.18. The number of hydrogen-bond donors (Lipinski definition) is 0. The first kappa shape index (κ1) is 11.8. The molecule has 0 rings (SSSR count). The second-order valence-electron chi connectivity index (χ2n) is 3.71. The van der Waals surface area contributed by atoms with Gasteiger partial charge in [-0.25, -0.2) is 9.98 Å². The van der Waals surface area contributed by atoms with Crippen molar-refractivity contribution < 1.29 is 0 Å². The molecule has 0 spiro atoms. The van der Waals surface area contributed by atoms with E-state index in [0.29, 0.717) is 0 Å². The van der Waals surface area contributed by atoms with E-state index < -0.39 is 0 Å². The lowest BCUT2D eigenvalue weighted by atomic mass is 9.87. The zero-order valence-corrected chi connectivity index (χ0v) is 8.91. The Balaban J connectivity index is 4.50. The van der Waals surface area contributed by atoms with Gasteiger partial charge in [-0.1, -0.05) is 33.4 Å². The molecule has 0 atom stereocenters. The number of hydrogen-bond acceptors (Lipinski definition) is 1. The molecule has 0 N–H and O–H groups in total. The van der Waals surface area contributed by atoms with Crippen LogP contribution >= 0.6 is 0 Å². The Morgan fingerprint density at radius 2 is 1.85 bits per heavy atom. The molecule has 0 aliphatic heterocycles. The fraction of sp³-hybridized carbons (Fsp3) is 0.455. The number of allylic oxidation sites excluding steroid dienone is 2. The highest BCUT2D eigenvalue weighted by atomic mass is 14.8. The molecule has 13 heavy (non-hydrogen) atoms. The standard InChI is InChI=1S/C11H18N2/c1-6-10(11(3,4)5)8-13-9-12-7-2/h6-9H,1H2,2-5H3/b10-8+,12-7?,13-9?. The molecule has 0 aliphatic carbocycles. The van der Waals surface area contributed by atoms with Gasteiger partial charge in [0, 0.05) is 12.4 Å². The molecule has 0 fully saturated rings. The van der Waals surface area contributed by atoms with Gasteiger partial charge in [0.2, 0.25) is 0 Å². The minimum absolute atomic E-state index is 0.0923. The maximum absolute atomic E-state index is 4.04. The van der Waals surface area contributed by atoms with Crippen LogP contribution in [-0.4, -0.2) is 12.6 Å². The summed E-state index contributed by atoms with van der Waals surface area (Å²) >= 11 is 0. The Labute approximate surface area is 80.8 Å². The van der Waals surface area contributed by atoms with Crippen LogP contribution in [0.2, 0.25) is 0 Å². The molecule has 0 aromatic carbocycles. The average Bonchev–Trinajstić information content (AvgIpc) is 2.02. The summed E-state index contributed by atoms with van der Waals surface area (Å²) in [6, 6.07) is 0. The molecule has 0 aromatic rings. The lowest BCUT2D eigenvalue weighted by Crippen LogP contribution is -2.06. The van der Waals surface area contributed by atoms with Crippen molar-refractivity contribution >= 4 is 12.6 Å². The Bertz CT molecular complexity index is 239. The summed E-state index contributed by atoms with van der Waals surface area (Å²) in [6.45, 7) is 12.0. The van der Waals surface area contributed by atoms with Gasteiger partial charge in [-0.05, 0) is 17.9 Å². The Morgan fingerprint density at radius 1 is 1.23 bits per heavy atom. The van der Waals surface area contributed by atoms with Crippen molar-refractivity contribution in [1.29, 1.82) is 0 Å². The second kappa shape index (κ2) is 5.46. The molecule has 0 aromatic heterocycles. The smallest absolute Gasteiger partial charge is 0.114 e. The van der Waals surface area contributed by atoms with Gasteiger partial charge in [0.15, 0.2) is 0 Å². The molecule has 0 radical (unpaired) electrons. The first-order valence-corrected chi connectivity index (χ1v) is 4.35. The van der Waals surface area contributed by atoms with Crippen molar-refractivity contribution in [2.75, 3.05) is 0 Å². The van der Waals surface area contributed by atoms with Crippen molar-refractivity contribution in [3.63, 3.8) is 0 Å². The van der Waals surface area contributed by atoms with E-state index in [1.807, 2.05) is 13.0 Å². The maximum atomic E-state index is 4.04. The molecule has 0 unspecified atom stereocenters. The highest BCUT2D eigenvalue weighted by molar-refractivity contribution is 5.70. The van der Waals surface area contributed by atoms with Crippen LogP contribution in [0.4, 0.5) is 0 Å². The molecule has 0 bridgehead atoms. The van der Waals surface area contributed by atoms with Crippen LogP contribution in [-0.2, 0) is 0 Å². The summed E-state index contributed by atoms with van der Waals surface area (Å²) in [5.74, 6) is 0. The van der Waals surface area contributed by atoms with E-state index in [0.717, 1.165) is 5.57 Å². The molecule has 2 heteroatoms. The predicted molar refractivity (Wildman–Crippen MR) is 60.4 cm³/mol. The molecule has 0 amide bonds. The van der Waals surface area contributed by atoms with E-state index in [2.05, 4.69) is 37.3 Å². The number of aliphatic imine (C=N–C) groups is 2. The van der Waals surface area contributed by atoms with Crippen molar-refractivity contribution in [2.45, 2.75) is 27.7 Å². The van der Waals surface area contributed by atoms with Crippen molar-refractivity contribution in [1.82, 2.24) is 0 Å². The summed E-state index contributed by atoms with van der Waals surface area (Å²) in [5.41, 5.74) is 1.20. The van der Waals surface area contributed by atoms with E-state index >= 15 is 0 Å². The first-order chi connectivity index (χ1) is 6.02. The third-order valence-electron chi connectivity index (χ3n) is 1.58. The van der Waals surface area contributed by atoms with Gasteiger partial charge in [0.05, 0.1) is 0 Å². The molecule has 0 heterocycles. The number of rotatable bonds is 3. The van der Waals surface area contributed by atoms with Gasteiger partial charge in [-0.3, -0.25) is 0 Å². The van der Waals surface area contributed by atoms with Crippen LogP contribution in [0.25, 0.3) is 0 Å². The average molecular weight is 178 g/mol. The highest BCUT2D eigenvalue weighted by Crippen LogP contribution is 2.25. The van der Waals surface area contributed by atoms with E-state index in [-0.39, 0.29) is 5.41 Å². The predicted octanol–water partition coefficient (Wildman–Crippen LogP) is 3.22. The summed E-state index contributed by atoms with van der Waals surface area (Å²) in [6.07, 6.45) is 6.84. The summed E-state index contributed by atoms with van der Waals surface area (Å²) in [7, 11) is 0. The normalized spacial score (nSPS) is 14.3. The van der Waals surface area contributed by atoms with Crippen LogP contribution in [0.5, 0.6) is 0 Å². The van der Waals surface area contributed by atoms with Crippen LogP contribution < -0.4 is 0 Å². The van der Waals surface area contributed by atoms with Gasteiger partial charge >= 0.3 is 0 Å². The Morgan fingerprint density at radius 3 is 2.23 bits per heavy atom. The minimum Gasteiger partial charge on any atom is -0.250 e. The number of nitrogens with zero attached hydrogens (tertiary/aromatic N) is 2. The van der Waals surface area contributed by atoms with E-state index in [1.54, 1.807) is 12.4 Å². The van der Waals surface area contributed by atoms with Crippen LogP contribution in [0.1, 0.15) is 27.7 Å². The second-order valence-corrected chi connectivity index (χ2v) is 3.71. The van der Waals surface area contributed by atoms with Gasteiger partial charge in [-0.15, -0.1) is 0 Å². The highest BCUT2D eigenvalue weighted by Gasteiger charge is 2.13. The molecular formula is C11H18N2. The van der Waals surface area contributed by atoms with E-state index in [1.165, 1.54) is 6.34 Å². The van der Waals surface area contributed by atoms with Crippen LogP contribution in [0.15, 0.2) is 34.4 Å². The molecule has 0 aliphatic rings. The largest absolute Gasteiger partial charge is 0.250 e. The molecule has 2 nitrogen and oxygen atoms in total. The third kappa shape index (κ3) is 5.12. The summed E-state index contributed by atoms with van der Waals surface area (Å²) < 4.78 is 0. The maximum Gasteiger partial charge on any atom is 0.114 e. The summed E-state index contributed by atoms with van der Waals surface area (Å²) in [4.78, 5) is 7.91. The van der Waals surface area contributed by atoms with Gasteiger partial charge in [-0.2, -0.15) is 0 Å². The van der Waals surface area contributed by atoms with Crippen LogP contribution in [0.3, 0.4) is 0 Å². The lowest BCUT2D eigenvalue weighted by Gasteiger charge is -2.18. The quantitative estimate of drug-likeness (QED) is 0.360. The fourth-order valence-electron chi connectivity index (χ4n) is 0.771. The van der Waals surface area contributed by atoms with Gasteiger partial charge < -0.3 is 0 Å². The molecule has 72 valence electrons. The van der Waals surface area contributed by atoms with Crippen LogP contribution in [0, 0.1) is 5.41 Å². The SMILES string of the molecule is C=C/C(=C\N=CN=CC)C(C)(C)C. The minimum atomic E-state index is 0.0923. The van der Waals surface area contributed by atoms with Crippen molar-refractivity contribution in [3.8, 4) is 0 Å². The first-order valence-electron chi connectivity index (χ1n) is 4.35. The third-order valence-corrected chi connectivity index (χ3v) is 1.58. The summed E-state index contributed by atoms with van der Waals surface area (Å²) in [5, 5.41) is 0. The molecule has 0 saturated heterocycles. The molecular weight excluding hydrogens is 160 g/mol. The topological polar surface area (TPSA) is 24.7 Å². The van der Waals surface area contributed by atoms with Gasteiger partial charge in [0.1, 0.15) is 6.34 Å². The monoisotopic (exact) mass is 178 g/mol. The zero-order chi connectivity index (χ0) is 10.3. The lowest BCUT2D eigenvalue weighted by molar-refractivity contribution is 0.516. The van der Waals surface area contributed by atoms with E-state index in [9.17, 15) is 0 Å². The van der Waals surface area contributed by atoms with Crippen molar-refractivity contribution in [3.05, 3.63) is 24.4 Å². The van der Waals surface area contributed by atoms with Crippen molar-refractivity contribution in [2.24, 2.45) is 15.4 Å². The van der Waals surface area contributed by atoms with Gasteiger partial charge in [0.25, 0.3) is 0 Å². The zero-order valence-electron chi connectivity index (χ0n) is 8.91.